The molecular weight excluding hydrogens is 472 g/mol. The largest absolute Gasteiger partial charge is 0.473 e. The van der Waals surface area contributed by atoms with Crippen LogP contribution in [0.15, 0.2) is 47.4 Å². The average Bonchev–Trinajstić information content (AvgIpc) is 3.48. The Hall–Kier alpha value is -3.67. The van der Waals surface area contributed by atoms with Crippen LogP contribution in [0.1, 0.15) is 17.7 Å². The van der Waals surface area contributed by atoms with Crippen molar-refractivity contribution in [3.63, 3.8) is 0 Å². The minimum Gasteiger partial charge on any atom is -0.473 e. The Balaban J connectivity index is 1.16. The molecule has 0 N–H and O–H groups in total. The number of rotatable bonds is 5. The molecule has 3 aliphatic heterocycles. The normalized spacial score (nSPS) is 22.3. The van der Waals surface area contributed by atoms with Gasteiger partial charge in [-0.15, -0.1) is 0 Å². The van der Waals surface area contributed by atoms with E-state index in [1.165, 1.54) is 18.2 Å². The lowest BCUT2D eigenvalue weighted by molar-refractivity contribution is -0.141. The molecule has 1 spiro atoms. The highest BCUT2D eigenvalue weighted by atomic mass is 19.4. The first-order valence-electron chi connectivity index (χ1n) is 10.8. The van der Waals surface area contributed by atoms with Crippen LogP contribution in [0.5, 0.6) is 17.4 Å². The van der Waals surface area contributed by atoms with Gasteiger partial charge in [0.1, 0.15) is 23.9 Å². The number of ether oxygens (including phenoxy) is 3. The maximum atomic E-state index is 14.6. The second kappa shape index (κ2) is 7.67. The SMILES string of the molecule is O=c1nc(OCc2ccc(Oc3ccnc(C(F)(F)F)c3)c(F)c2)cc2n1C[C@@]13CO[C@H](CN21)C3. The Labute approximate surface area is 195 Å². The van der Waals surface area contributed by atoms with Crippen LogP contribution in [0.4, 0.5) is 23.4 Å². The van der Waals surface area contributed by atoms with Crippen LogP contribution in [0.2, 0.25) is 0 Å². The fourth-order valence-corrected chi connectivity index (χ4v) is 4.89. The highest BCUT2D eigenvalue weighted by molar-refractivity contribution is 5.52. The zero-order valence-electron chi connectivity index (χ0n) is 18.1. The maximum absolute atomic E-state index is 14.6. The van der Waals surface area contributed by atoms with E-state index >= 15 is 0 Å². The standard InChI is InChI=1S/C23H18F4N4O4/c24-16-5-13(1-2-17(16)35-14-3-4-28-18(6-14)23(25,26)27)10-33-19-7-20-30(21(32)29-19)11-22-8-15(34-12-22)9-31(20)22/h1-7,15H,8-12H2/t15-,22-/m0/s1. The Morgan fingerprint density at radius 3 is 2.83 bits per heavy atom. The molecule has 2 saturated heterocycles. The molecule has 2 bridgehead atoms. The molecule has 3 aromatic rings. The summed E-state index contributed by atoms with van der Waals surface area (Å²) in [7, 11) is 0. The van der Waals surface area contributed by atoms with Gasteiger partial charge >= 0.3 is 11.9 Å². The van der Waals surface area contributed by atoms with E-state index in [9.17, 15) is 22.4 Å². The number of hydrogen-bond donors (Lipinski definition) is 0. The summed E-state index contributed by atoms with van der Waals surface area (Å²) in [5.41, 5.74) is -1.34. The molecule has 8 nitrogen and oxygen atoms in total. The Morgan fingerprint density at radius 2 is 2.06 bits per heavy atom. The summed E-state index contributed by atoms with van der Waals surface area (Å²) in [6.45, 7) is 1.73. The average molecular weight is 490 g/mol. The van der Waals surface area contributed by atoms with E-state index in [1.54, 1.807) is 10.6 Å². The van der Waals surface area contributed by atoms with Gasteiger partial charge in [-0.3, -0.25) is 9.55 Å². The molecule has 12 heteroatoms. The lowest BCUT2D eigenvalue weighted by Crippen LogP contribution is -2.46. The Morgan fingerprint density at radius 1 is 1.20 bits per heavy atom. The third-order valence-corrected chi connectivity index (χ3v) is 6.48. The third-order valence-electron chi connectivity index (χ3n) is 6.48. The Bertz CT molecular complexity index is 1380. The number of anilines is 1. The third kappa shape index (κ3) is 3.77. The molecule has 182 valence electrons. The van der Waals surface area contributed by atoms with E-state index in [2.05, 4.69) is 14.9 Å². The summed E-state index contributed by atoms with van der Waals surface area (Å²) in [6.07, 6.45) is -2.68. The zero-order chi connectivity index (χ0) is 24.4. The highest BCUT2D eigenvalue weighted by Crippen LogP contribution is 2.46. The lowest BCUT2D eigenvalue weighted by atomic mass is 10.0. The summed E-state index contributed by atoms with van der Waals surface area (Å²) >= 11 is 0. The van der Waals surface area contributed by atoms with Crippen molar-refractivity contribution in [3.8, 4) is 17.4 Å². The summed E-state index contributed by atoms with van der Waals surface area (Å²) in [5.74, 6) is -0.376. The first kappa shape index (κ1) is 21.8. The van der Waals surface area contributed by atoms with E-state index in [0.717, 1.165) is 24.5 Å². The predicted octanol–water partition coefficient (Wildman–Crippen LogP) is 3.53. The molecule has 0 saturated carbocycles. The van der Waals surface area contributed by atoms with Gasteiger partial charge in [-0.05, 0) is 23.8 Å². The summed E-state index contributed by atoms with van der Waals surface area (Å²) < 4.78 is 71.3. The topological polar surface area (TPSA) is 78.7 Å². The molecule has 5 heterocycles. The van der Waals surface area contributed by atoms with Crippen molar-refractivity contribution in [1.82, 2.24) is 14.5 Å². The van der Waals surface area contributed by atoms with Crippen LogP contribution < -0.4 is 20.1 Å². The van der Waals surface area contributed by atoms with Crippen molar-refractivity contribution >= 4 is 5.82 Å². The molecule has 35 heavy (non-hydrogen) atoms. The van der Waals surface area contributed by atoms with Gasteiger partial charge in [0, 0.05) is 31.3 Å². The van der Waals surface area contributed by atoms with Crippen molar-refractivity contribution in [2.75, 3.05) is 18.1 Å². The summed E-state index contributed by atoms with van der Waals surface area (Å²) in [4.78, 5) is 22.0. The van der Waals surface area contributed by atoms with Gasteiger partial charge < -0.3 is 19.1 Å². The number of aromatic nitrogens is 3. The molecule has 0 unspecified atom stereocenters. The molecule has 3 aliphatic rings. The van der Waals surface area contributed by atoms with Crippen LogP contribution in [-0.4, -0.2) is 39.3 Å². The molecule has 2 fully saturated rings. The summed E-state index contributed by atoms with van der Waals surface area (Å²) in [5, 5.41) is 0. The molecule has 6 rings (SSSR count). The van der Waals surface area contributed by atoms with E-state index in [4.69, 9.17) is 14.2 Å². The number of halogens is 4. The molecule has 0 amide bonds. The van der Waals surface area contributed by atoms with Crippen molar-refractivity contribution in [2.45, 2.75) is 37.4 Å². The number of hydrogen-bond acceptors (Lipinski definition) is 7. The van der Waals surface area contributed by atoms with Crippen molar-refractivity contribution in [1.29, 1.82) is 0 Å². The van der Waals surface area contributed by atoms with Crippen LogP contribution in [0.25, 0.3) is 0 Å². The first-order valence-corrected chi connectivity index (χ1v) is 10.8. The van der Waals surface area contributed by atoms with Crippen LogP contribution in [0, 0.1) is 5.82 Å². The Kier molecular flexibility index (Phi) is 4.78. The van der Waals surface area contributed by atoms with Gasteiger partial charge in [0.2, 0.25) is 5.88 Å². The number of benzene rings is 1. The second-order valence-electron chi connectivity index (χ2n) is 8.82. The number of nitrogens with zero attached hydrogens (tertiary/aromatic N) is 4. The van der Waals surface area contributed by atoms with Crippen molar-refractivity contribution < 1.29 is 31.8 Å². The number of fused-ring (bicyclic) bond motifs is 3. The number of alkyl halides is 3. The zero-order valence-corrected chi connectivity index (χ0v) is 18.1. The van der Waals surface area contributed by atoms with Gasteiger partial charge in [-0.1, -0.05) is 6.07 Å². The fraction of sp³-hybridized carbons (Fsp3) is 0.348. The maximum Gasteiger partial charge on any atom is 0.433 e. The molecular formula is C23H18F4N4O4. The van der Waals surface area contributed by atoms with Gasteiger partial charge in [-0.2, -0.15) is 18.2 Å². The van der Waals surface area contributed by atoms with Crippen LogP contribution in [0.3, 0.4) is 0 Å². The predicted molar refractivity (Wildman–Crippen MR) is 113 cm³/mol. The van der Waals surface area contributed by atoms with Crippen LogP contribution >= 0.6 is 0 Å². The van der Waals surface area contributed by atoms with Gasteiger partial charge in [0.05, 0.1) is 24.8 Å². The first-order chi connectivity index (χ1) is 16.7. The van der Waals surface area contributed by atoms with Crippen molar-refractivity contribution in [3.05, 3.63) is 70.2 Å². The van der Waals surface area contributed by atoms with Gasteiger partial charge in [0.15, 0.2) is 11.6 Å². The van der Waals surface area contributed by atoms with E-state index < -0.39 is 23.4 Å². The summed E-state index contributed by atoms with van der Waals surface area (Å²) in [6, 6.07) is 7.54. The smallest absolute Gasteiger partial charge is 0.433 e. The highest BCUT2D eigenvalue weighted by Gasteiger charge is 2.56. The van der Waals surface area contributed by atoms with Gasteiger partial charge in [-0.25, -0.2) is 9.18 Å². The van der Waals surface area contributed by atoms with Gasteiger partial charge in [0.25, 0.3) is 0 Å². The molecule has 2 atom stereocenters. The quantitative estimate of drug-likeness (QED) is 0.507. The molecule has 0 radical (unpaired) electrons. The fourth-order valence-electron chi connectivity index (χ4n) is 4.89. The minimum absolute atomic E-state index is 0.0720. The van der Waals surface area contributed by atoms with Crippen LogP contribution in [-0.2, 0) is 24.1 Å². The lowest BCUT2D eigenvalue weighted by Gasteiger charge is -2.32. The van der Waals surface area contributed by atoms with Crippen molar-refractivity contribution in [2.24, 2.45) is 0 Å². The van der Waals surface area contributed by atoms with E-state index in [-0.39, 0.29) is 35.6 Å². The van der Waals surface area contributed by atoms with E-state index in [1.807, 2.05) is 0 Å². The monoisotopic (exact) mass is 490 g/mol. The number of morpholine rings is 1. The second-order valence-corrected chi connectivity index (χ2v) is 8.82. The minimum atomic E-state index is -4.64. The number of pyridine rings is 1. The molecule has 2 aromatic heterocycles. The molecule has 1 aromatic carbocycles. The van der Waals surface area contributed by atoms with E-state index in [0.29, 0.717) is 31.3 Å². The molecule has 0 aliphatic carbocycles.